The molecule has 1 unspecified atom stereocenters. The summed E-state index contributed by atoms with van der Waals surface area (Å²) in [7, 11) is 0. The van der Waals surface area contributed by atoms with Gasteiger partial charge in [0.25, 0.3) is 0 Å². The molecule has 92 valence electrons. The lowest BCUT2D eigenvalue weighted by Gasteiger charge is -2.14. The molecule has 2 aromatic heterocycles. The van der Waals surface area contributed by atoms with Crippen molar-refractivity contribution in [1.29, 1.82) is 0 Å². The zero-order valence-electron chi connectivity index (χ0n) is 10.6. The monoisotopic (exact) mass is 249 g/mol. The Labute approximate surface area is 107 Å². The Morgan fingerprint density at radius 3 is 2.88 bits per heavy atom. The Morgan fingerprint density at radius 2 is 2.29 bits per heavy atom. The summed E-state index contributed by atoms with van der Waals surface area (Å²) in [5.74, 6) is 0. The molecule has 0 saturated heterocycles. The van der Waals surface area contributed by atoms with Crippen molar-refractivity contribution in [3.8, 4) is 0 Å². The van der Waals surface area contributed by atoms with Gasteiger partial charge in [0.05, 0.1) is 6.33 Å². The minimum absolute atomic E-state index is 0.420. The van der Waals surface area contributed by atoms with Crippen LogP contribution in [-0.2, 0) is 6.54 Å². The standard InChI is InChI=1S/C13H19N3S/c1-10-8-13(12(3)17-10)11(2)15-5-7-16-6-4-14-9-16/h4,6,8-9,11,15H,5,7H2,1-3H3. The molecule has 0 amide bonds. The third-order valence-electron chi connectivity index (χ3n) is 2.93. The molecule has 2 rings (SSSR count). The predicted octanol–water partition coefficient (Wildman–Crippen LogP) is 2.91. The van der Waals surface area contributed by atoms with Gasteiger partial charge in [-0.3, -0.25) is 0 Å². The van der Waals surface area contributed by atoms with Gasteiger partial charge in [-0.05, 0) is 32.4 Å². The molecule has 3 nitrogen and oxygen atoms in total. The summed E-state index contributed by atoms with van der Waals surface area (Å²) in [5.41, 5.74) is 1.43. The van der Waals surface area contributed by atoms with Gasteiger partial charge >= 0.3 is 0 Å². The second kappa shape index (κ2) is 5.47. The number of aryl methyl sites for hydroxylation is 2. The lowest BCUT2D eigenvalue weighted by molar-refractivity contribution is 0.530. The molecule has 0 aliphatic carbocycles. The minimum atomic E-state index is 0.420. The zero-order valence-corrected chi connectivity index (χ0v) is 11.4. The summed E-state index contributed by atoms with van der Waals surface area (Å²) in [6.07, 6.45) is 5.66. The molecule has 0 saturated carbocycles. The second-order valence-corrected chi connectivity index (χ2v) is 5.81. The first-order valence-electron chi connectivity index (χ1n) is 5.93. The van der Waals surface area contributed by atoms with Gasteiger partial charge in [-0.15, -0.1) is 11.3 Å². The molecule has 0 aliphatic heterocycles. The van der Waals surface area contributed by atoms with Gasteiger partial charge in [0.2, 0.25) is 0 Å². The highest BCUT2D eigenvalue weighted by Crippen LogP contribution is 2.25. The number of imidazole rings is 1. The summed E-state index contributed by atoms with van der Waals surface area (Å²) < 4.78 is 2.09. The highest BCUT2D eigenvalue weighted by molar-refractivity contribution is 7.12. The number of hydrogen-bond donors (Lipinski definition) is 1. The highest BCUT2D eigenvalue weighted by atomic mass is 32.1. The molecule has 2 aromatic rings. The van der Waals surface area contributed by atoms with Crippen LogP contribution in [0.1, 0.15) is 28.3 Å². The van der Waals surface area contributed by atoms with E-state index in [0.717, 1.165) is 13.1 Å². The number of nitrogens with one attached hydrogen (secondary N) is 1. The van der Waals surface area contributed by atoms with Crippen LogP contribution < -0.4 is 5.32 Å². The fraction of sp³-hybridized carbons (Fsp3) is 0.462. The van der Waals surface area contributed by atoms with Crippen LogP contribution in [-0.4, -0.2) is 16.1 Å². The Hall–Kier alpha value is -1.13. The molecule has 0 spiro atoms. The fourth-order valence-corrected chi connectivity index (χ4v) is 3.04. The van der Waals surface area contributed by atoms with Crippen molar-refractivity contribution in [2.24, 2.45) is 0 Å². The van der Waals surface area contributed by atoms with E-state index in [4.69, 9.17) is 0 Å². The van der Waals surface area contributed by atoms with Crippen molar-refractivity contribution >= 4 is 11.3 Å². The topological polar surface area (TPSA) is 29.9 Å². The average molecular weight is 249 g/mol. The van der Waals surface area contributed by atoms with Crippen LogP contribution in [0, 0.1) is 13.8 Å². The van der Waals surface area contributed by atoms with E-state index in [9.17, 15) is 0 Å². The van der Waals surface area contributed by atoms with Gasteiger partial charge in [0, 0.05) is 41.3 Å². The maximum Gasteiger partial charge on any atom is 0.0946 e. The first-order chi connectivity index (χ1) is 8.16. The quantitative estimate of drug-likeness (QED) is 0.883. The maximum absolute atomic E-state index is 4.03. The van der Waals surface area contributed by atoms with E-state index in [1.165, 1.54) is 15.3 Å². The number of nitrogens with zero attached hydrogens (tertiary/aromatic N) is 2. The van der Waals surface area contributed by atoms with Crippen LogP contribution in [0.5, 0.6) is 0 Å². The zero-order chi connectivity index (χ0) is 12.3. The molecule has 0 fully saturated rings. The fourth-order valence-electron chi connectivity index (χ4n) is 2.02. The molecule has 0 bridgehead atoms. The molecule has 1 atom stereocenters. The average Bonchev–Trinajstić information content (AvgIpc) is 2.88. The van der Waals surface area contributed by atoms with Crippen molar-refractivity contribution in [3.63, 3.8) is 0 Å². The van der Waals surface area contributed by atoms with Gasteiger partial charge in [-0.25, -0.2) is 4.98 Å². The SMILES string of the molecule is Cc1cc(C(C)NCCn2ccnc2)c(C)s1. The van der Waals surface area contributed by atoms with Crippen LogP contribution in [0.3, 0.4) is 0 Å². The van der Waals surface area contributed by atoms with Crippen molar-refractivity contribution in [1.82, 2.24) is 14.9 Å². The summed E-state index contributed by atoms with van der Waals surface area (Å²) in [6.45, 7) is 8.52. The van der Waals surface area contributed by atoms with E-state index in [1.54, 1.807) is 0 Å². The Kier molecular flexibility index (Phi) is 3.97. The molecule has 4 heteroatoms. The Bertz CT molecular complexity index is 459. The third-order valence-corrected chi connectivity index (χ3v) is 3.91. The van der Waals surface area contributed by atoms with Gasteiger partial charge in [-0.2, -0.15) is 0 Å². The van der Waals surface area contributed by atoms with Crippen LogP contribution in [0.25, 0.3) is 0 Å². The highest BCUT2D eigenvalue weighted by Gasteiger charge is 2.10. The Morgan fingerprint density at radius 1 is 1.47 bits per heavy atom. The van der Waals surface area contributed by atoms with Gasteiger partial charge in [-0.1, -0.05) is 0 Å². The van der Waals surface area contributed by atoms with E-state index in [2.05, 4.69) is 41.7 Å². The van der Waals surface area contributed by atoms with Gasteiger partial charge in [0.15, 0.2) is 0 Å². The van der Waals surface area contributed by atoms with Crippen LogP contribution in [0.15, 0.2) is 24.8 Å². The van der Waals surface area contributed by atoms with E-state index in [-0.39, 0.29) is 0 Å². The van der Waals surface area contributed by atoms with E-state index < -0.39 is 0 Å². The smallest absolute Gasteiger partial charge is 0.0946 e. The summed E-state index contributed by atoms with van der Waals surface area (Å²) in [4.78, 5) is 6.84. The number of rotatable bonds is 5. The molecular formula is C13H19N3S. The van der Waals surface area contributed by atoms with Crippen molar-refractivity contribution in [3.05, 3.63) is 40.1 Å². The van der Waals surface area contributed by atoms with E-state index >= 15 is 0 Å². The van der Waals surface area contributed by atoms with E-state index in [0.29, 0.717) is 6.04 Å². The number of aromatic nitrogens is 2. The first-order valence-corrected chi connectivity index (χ1v) is 6.74. The van der Waals surface area contributed by atoms with Gasteiger partial charge < -0.3 is 9.88 Å². The predicted molar refractivity (Wildman–Crippen MR) is 72.4 cm³/mol. The summed E-state index contributed by atoms with van der Waals surface area (Å²) in [5, 5.41) is 3.55. The minimum Gasteiger partial charge on any atom is -0.336 e. The van der Waals surface area contributed by atoms with Crippen molar-refractivity contribution in [2.45, 2.75) is 33.4 Å². The van der Waals surface area contributed by atoms with Crippen molar-refractivity contribution < 1.29 is 0 Å². The van der Waals surface area contributed by atoms with Crippen LogP contribution >= 0.6 is 11.3 Å². The lowest BCUT2D eigenvalue weighted by atomic mass is 10.1. The first kappa shape index (κ1) is 12.3. The summed E-state index contributed by atoms with van der Waals surface area (Å²) >= 11 is 1.87. The molecule has 0 aliphatic rings. The number of hydrogen-bond acceptors (Lipinski definition) is 3. The Balaban J connectivity index is 1.85. The van der Waals surface area contributed by atoms with Gasteiger partial charge in [0.1, 0.15) is 0 Å². The molecular weight excluding hydrogens is 230 g/mol. The third kappa shape index (κ3) is 3.17. The molecule has 0 aromatic carbocycles. The second-order valence-electron chi connectivity index (χ2n) is 4.34. The molecule has 2 heterocycles. The molecule has 0 radical (unpaired) electrons. The summed E-state index contributed by atoms with van der Waals surface area (Å²) in [6, 6.07) is 2.71. The van der Waals surface area contributed by atoms with E-state index in [1.807, 2.05) is 30.1 Å². The lowest BCUT2D eigenvalue weighted by Crippen LogP contribution is -2.23. The number of thiophene rings is 1. The van der Waals surface area contributed by atoms with Crippen LogP contribution in [0.2, 0.25) is 0 Å². The molecule has 17 heavy (non-hydrogen) atoms. The maximum atomic E-state index is 4.03. The normalized spacial score (nSPS) is 12.9. The largest absolute Gasteiger partial charge is 0.336 e. The van der Waals surface area contributed by atoms with Crippen LogP contribution in [0.4, 0.5) is 0 Å². The van der Waals surface area contributed by atoms with Crippen molar-refractivity contribution in [2.75, 3.05) is 6.54 Å². The molecule has 1 N–H and O–H groups in total.